The second-order valence-electron chi connectivity index (χ2n) is 29.7. The molecule has 4 aromatic heterocycles. The van der Waals surface area contributed by atoms with Crippen LogP contribution in [0.2, 0.25) is 0 Å². The molecule has 2 aliphatic rings. The summed E-state index contributed by atoms with van der Waals surface area (Å²) in [7, 11) is -3.22. The van der Waals surface area contributed by atoms with E-state index in [4.69, 9.17) is 102 Å². The molecular formula is C85H93F2N15O29S3. The van der Waals surface area contributed by atoms with Crippen molar-refractivity contribution in [2.75, 3.05) is 39.0 Å². The number of benzene rings is 4. The first-order valence-corrected chi connectivity index (χ1v) is 43.0. The topological polar surface area (TPSA) is 718 Å². The minimum absolute atomic E-state index is 0.108. The number of amides is 5. The van der Waals surface area contributed by atoms with Crippen LogP contribution in [-0.2, 0) is 74.7 Å². The van der Waals surface area contributed by atoms with E-state index in [9.17, 15) is 89.4 Å². The number of Topliss-reactive ketones (excluding diaryl/α,β-unsaturated/α-hetero) is 1. The number of thiophene rings is 2. The summed E-state index contributed by atoms with van der Waals surface area (Å²) in [5, 5.41) is 87.6. The maximum Gasteiger partial charge on any atom is 0.379 e. The van der Waals surface area contributed by atoms with E-state index in [0.717, 1.165) is 39.7 Å². The van der Waals surface area contributed by atoms with Crippen molar-refractivity contribution in [1.82, 2.24) is 35.1 Å². The third kappa shape index (κ3) is 32.6. The van der Waals surface area contributed by atoms with Crippen LogP contribution < -0.4 is 52.5 Å². The molecule has 49 heteroatoms. The van der Waals surface area contributed by atoms with Crippen molar-refractivity contribution in [3.05, 3.63) is 223 Å². The van der Waals surface area contributed by atoms with Gasteiger partial charge in [0.15, 0.2) is 28.9 Å². The molecule has 5 atom stereocenters. The van der Waals surface area contributed by atoms with Crippen LogP contribution in [0.3, 0.4) is 0 Å². The Bertz CT molecular complexity index is 5860. The van der Waals surface area contributed by atoms with E-state index in [0.29, 0.717) is 54.9 Å². The number of esters is 4. The number of carboxylic acid groups (broad SMARTS) is 6. The number of aliphatic carboxylic acids is 6. The Hall–Kier alpha value is -15.5. The zero-order valence-electron chi connectivity index (χ0n) is 71.4. The van der Waals surface area contributed by atoms with Gasteiger partial charge in [0.2, 0.25) is 17.4 Å². The van der Waals surface area contributed by atoms with E-state index in [-0.39, 0.29) is 122 Å². The Morgan fingerprint density at radius 2 is 0.948 bits per heavy atom. The highest BCUT2D eigenvalue weighted by Gasteiger charge is 2.38. The van der Waals surface area contributed by atoms with Gasteiger partial charge in [-0.05, 0) is 186 Å². The molecular weight excluding hydrogens is 1830 g/mol. The average Bonchev–Trinajstić information content (AvgIpc) is 1.76. The molecule has 0 bridgehead atoms. The van der Waals surface area contributed by atoms with Crippen molar-refractivity contribution in [2.45, 2.75) is 115 Å². The lowest BCUT2D eigenvalue weighted by atomic mass is 9.98. The summed E-state index contributed by atoms with van der Waals surface area (Å²) in [5.74, 6) is -17.2. The zero-order chi connectivity index (χ0) is 99.3. The van der Waals surface area contributed by atoms with Crippen LogP contribution >= 0.6 is 22.7 Å². The molecule has 0 spiro atoms. The third-order valence-corrected chi connectivity index (χ3v) is 22.2. The molecule has 134 heavy (non-hydrogen) atoms. The van der Waals surface area contributed by atoms with Crippen molar-refractivity contribution in [2.24, 2.45) is 28.9 Å². The number of hydrogen-bond acceptors (Lipinski definition) is 30. The number of ketones is 1. The van der Waals surface area contributed by atoms with Crippen LogP contribution in [0.1, 0.15) is 143 Å². The normalized spacial score (nSPS) is 14.0. The van der Waals surface area contributed by atoms with Crippen molar-refractivity contribution in [3.63, 3.8) is 0 Å². The highest BCUT2D eigenvalue weighted by atomic mass is 32.2. The first-order chi connectivity index (χ1) is 63.1. The van der Waals surface area contributed by atoms with Gasteiger partial charge in [0.25, 0.3) is 10.1 Å². The molecule has 0 radical (unpaired) electrons. The molecule has 8 aromatic rings. The summed E-state index contributed by atoms with van der Waals surface area (Å²) in [5.41, 5.74) is 22.6. The molecule has 0 aliphatic carbocycles. The summed E-state index contributed by atoms with van der Waals surface area (Å²) < 4.78 is 90.9. The number of furan rings is 2. The van der Waals surface area contributed by atoms with Crippen LogP contribution in [0.5, 0.6) is 23.0 Å². The fourth-order valence-corrected chi connectivity index (χ4v) is 15.3. The molecule has 5 amide bonds. The number of nitrogens with two attached hydrogens (primary N) is 4. The molecule has 4 aromatic carbocycles. The van der Waals surface area contributed by atoms with Crippen molar-refractivity contribution in [3.8, 4) is 23.0 Å². The number of nitrogens with zero attached hydrogens (tertiary/aromatic N) is 5. The van der Waals surface area contributed by atoms with Crippen LogP contribution in [0, 0.1) is 39.2 Å². The van der Waals surface area contributed by atoms with Gasteiger partial charge in [0.05, 0.1) is 49.7 Å². The van der Waals surface area contributed by atoms with Crippen molar-refractivity contribution < 1.29 is 147 Å². The van der Waals surface area contributed by atoms with E-state index in [1.54, 1.807) is 32.0 Å². The molecule has 2 aliphatic heterocycles. The van der Waals surface area contributed by atoms with Crippen LogP contribution in [0.25, 0.3) is 0 Å². The zero-order valence-corrected chi connectivity index (χ0v) is 73.9. The van der Waals surface area contributed by atoms with Gasteiger partial charge in [-0.15, -0.1) is 29.3 Å². The average molecular weight is 1920 g/mol. The highest BCUT2D eigenvalue weighted by molar-refractivity contribution is 7.85. The summed E-state index contributed by atoms with van der Waals surface area (Å²) in [4.78, 5) is 175. The second kappa shape index (κ2) is 49.0. The predicted octanol–water partition coefficient (Wildman–Crippen LogP) is 6.84. The van der Waals surface area contributed by atoms with Gasteiger partial charge >= 0.3 is 71.8 Å². The molecule has 2 fully saturated rings. The van der Waals surface area contributed by atoms with Crippen LogP contribution in [0.4, 0.5) is 18.4 Å². The summed E-state index contributed by atoms with van der Waals surface area (Å²) in [6, 6.07) is 24.9. The molecule has 0 unspecified atom stereocenters. The smallest absolute Gasteiger partial charge is 0.379 e. The number of hydrogen-bond donors (Lipinski definition) is 17. The Morgan fingerprint density at radius 1 is 0.537 bits per heavy atom. The SMILES string of the molecule is C=CCN(CC(=O)O)C(=O)[C@@H]1CCCN1Cc1ccc(C(=O)Oc2ccc(C(=N)N)cc2F)s1.CC(C)N(Cc1ccc(C(=O)Oc2ccc(C(=N)N)cc2)o1)C(=O)N[C@@H](CC(=O)O)C(=O)O.CN(Cc1ccc(C(=O)Oc2ccc(C(=N)N)cc2)o1)C(=O)N[C@@H](CC(=O)O)C(=O)O.N=C(N)c1ccc(OC(=O)c2ccc(CN3CCC[C@H]3C(=O)C[C@@H](CS(=O)(=O)O)C(=O)O)s2)c(F)c1. The standard InChI is InChI=1S/C23H25FN4O5S.C22H24FN3O8S2.C21H24N4O8.C19H20N4O8/c1-2-9-28(13-20(29)30)22(31)17-4-3-10-27(17)12-15-6-8-19(34-15)23(32)33-18-7-5-14(21(25)26)11-16(18)24;23-15-8-12(20(24)25)3-5-18(15)34-22(30)19-6-4-14(35-19)10-26-7-1-2-16(26)17(27)9-13(21(28)29)11-36(31,32)33;1-11(2)25(21(31)24-15(19(28)29)9-17(26)27)10-14-7-8-16(32-14)20(30)33-13-5-3-12(4-6-13)18(22)23;1-23(19(29)22-13(17(26)27)8-15(24)25)9-12-6-7-14(30-12)18(28)31-11-4-2-10(3-5-11)16(20)21/h2,5-8,11,17H,1,3-4,9-10,12-13H2,(H3,25,26)(H,29,30);3-6,8,13,16H,1-2,7,9-11H2,(H3,24,25)(H,28,29)(H,31,32,33);3-8,11,15H,9-10H2,1-2H3,(H3,22,23)(H,24,31)(H,26,27)(H,28,29);2-7,13H,8-9H2,1H3,(H3,20,21)(H,22,29)(H,24,25)(H,26,27)/t17-;13-,16-;15-;13-/m0000/s1. The lowest BCUT2D eigenvalue weighted by Crippen LogP contribution is -2.50. The number of nitrogen functional groups attached to an aromatic ring is 4. The lowest BCUT2D eigenvalue weighted by molar-refractivity contribution is -0.146. The van der Waals surface area contributed by atoms with Gasteiger partial charge in [-0.2, -0.15) is 8.42 Å². The molecule has 44 nitrogen and oxygen atoms in total. The molecule has 2 saturated heterocycles. The van der Waals surface area contributed by atoms with E-state index >= 15 is 0 Å². The molecule has 21 N–H and O–H groups in total. The van der Waals surface area contributed by atoms with E-state index in [2.05, 4.69) is 17.2 Å². The number of halogens is 2. The third-order valence-electron chi connectivity index (χ3n) is 19.3. The largest absolute Gasteiger partial charge is 0.481 e. The number of urea groups is 2. The van der Waals surface area contributed by atoms with E-state index < -0.39 is 167 Å². The summed E-state index contributed by atoms with van der Waals surface area (Å²) >= 11 is 2.27. The van der Waals surface area contributed by atoms with Gasteiger partial charge in [-0.3, -0.25) is 64.8 Å². The Kier molecular flexibility index (Phi) is 38.6. The predicted molar refractivity (Wildman–Crippen MR) is 471 cm³/mol. The fourth-order valence-electron chi connectivity index (χ4n) is 12.7. The quantitative estimate of drug-likeness (QED) is 0.00466. The molecule has 714 valence electrons. The minimum Gasteiger partial charge on any atom is -0.481 e. The van der Waals surface area contributed by atoms with Crippen LogP contribution in [-0.4, -0.2) is 244 Å². The van der Waals surface area contributed by atoms with Gasteiger partial charge in [0, 0.05) is 71.2 Å². The number of carboxylic acids is 6. The number of ether oxygens (including phenoxy) is 4. The van der Waals surface area contributed by atoms with Crippen molar-refractivity contribution >= 4 is 140 Å². The highest BCUT2D eigenvalue weighted by Crippen LogP contribution is 2.32. The monoisotopic (exact) mass is 1920 g/mol. The number of rotatable bonds is 40. The van der Waals surface area contributed by atoms with Gasteiger partial charge in [-0.25, -0.2) is 47.1 Å². The van der Waals surface area contributed by atoms with E-state index in [1.165, 1.54) is 137 Å². The maximum absolute atomic E-state index is 14.2. The first kappa shape index (κ1) is 106. The first-order valence-electron chi connectivity index (χ1n) is 39.8. The molecule has 10 rings (SSSR count). The summed E-state index contributed by atoms with van der Waals surface area (Å²) in [6.45, 7) is 8.36. The number of likely N-dealkylation sites (tertiary alicyclic amines) is 2. The van der Waals surface area contributed by atoms with Gasteiger partial charge in [-0.1, -0.05) is 6.08 Å². The second-order valence-corrected chi connectivity index (χ2v) is 33.5. The Balaban J connectivity index is 0.000000244. The minimum atomic E-state index is -4.56. The Labute approximate surface area is 768 Å². The Morgan fingerprint density at radius 3 is 1.33 bits per heavy atom. The van der Waals surface area contributed by atoms with Gasteiger partial charge < -0.3 is 107 Å². The summed E-state index contributed by atoms with van der Waals surface area (Å²) in [6.07, 6.45) is 1.94. The van der Waals surface area contributed by atoms with Gasteiger partial charge in [0.1, 0.15) is 74.7 Å². The number of nitrogens with one attached hydrogen (secondary N) is 6. The number of amidine groups is 4. The van der Waals surface area contributed by atoms with Crippen molar-refractivity contribution in [1.29, 1.82) is 21.6 Å². The fraction of sp³-hybridized carbons (Fsp3) is 0.294. The van der Waals surface area contributed by atoms with E-state index in [1.807, 2.05) is 9.80 Å². The van der Waals surface area contributed by atoms with Crippen LogP contribution in [0.15, 0.2) is 155 Å². The number of carbonyl (C=O) groups excluding carboxylic acids is 8. The lowest BCUT2D eigenvalue weighted by Gasteiger charge is -2.28. The maximum atomic E-state index is 14.2. The number of carbonyl (C=O) groups is 14. The molecule has 0 saturated carbocycles. The molecule has 6 heterocycles.